The number of piperidine rings is 1. The van der Waals surface area contributed by atoms with E-state index in [0.29, 0.717) is 34.1 Å². The van der Waals surface area contributed by atoms with Gasteiger partial charge < -0.3 is 20.7 Å². The molecule has 5 rings (SSSR count). The summed E-state index contributed by atoms with van der Waals surface area (Å²) in [6.07, 6.45) is 3.62. The highest BCUT2D eigenvalue weighted by atomic mass is 16.5. The number of aryl methyl sites for hydroxylation is 1. The number of amides is 3. The van der Waals surface area contributed by atoms with Crippen LogP contribution in [0.2, 0.25) is 0 Å². The van der Waals surface area contributed by atoms with Crippen LogP contribution in [0.4, 0.5) is 16.2 Å². The molecule has 0 unspecified atom stereocenters. The number of carbonyl (C=O) groups excluding carboxylic acids is 2. The van der Waals surface area contributed by atoms with E-state index in [-0.39, 0.29) is 18.0 Å². The first-order valence-corrected chi connectivity index (χ1v) is 12.1. The van der Waals surface area contributed by atoms with Crippen molar-refractivity contribution in [3.05, 3.63) is 83.7 Å². The molecule has 3 heterocycles. The van der Waals surface area contributed by atoms with E-state index in [1.54, 1.807) is 24.1 Å². The van der Waals surface area contributed by atoms with E-state index in [4.69, 9.17) is 4.74 Å². The molecule has 0 bridgehead atoms. The van der Waals surface area contributed by atoms with Gasteiger partial charge >= 0.3 is 6.03 Å². The summed E-state index contributed by atoms with van der Waals surface area (Å²) in [4.78, 5) is 32.6. The van der Waals surface area contributed by atoms with Gasteiger partial charge in [-0.3, -0.25) is 14.7 Å². The van der Waals surface area contributed by atoms with Gasteiger partial charge in [0.15, 0.2) is 0 Å². The predicted octanol–water partition coefficient (Wildman–Crippen LogP) is 4.64. The maximum Gasteiger partial charge on any atom is 0.330 e. The van der Waals surface area contributed by atoms with Gasteiger partial charge in [0.1, 0.15) is 11.5 Å². The van der Waals surface area contributed by atoms with Gasteiger partial charge in [0.05, 0.1) is 17.1 Å². The van der Waals surface area contributed by atoms with E-state index in [1.807, 2.05) is 61.5 Å². The third kappa shape index (κ3) is 4.81. The zero-order valence-corrected chi connectivity index (χ0v) is 20.4. The molecule has 3 N–H and O–H groups in total. The Kier molecular flexibility index (Phi) is 6.69. The van der Waals surface area contributed by atoms with Gasteiger partial charge in [0.2, 0.25) is 5.91 Å². The van der Waals surface area contributed by atoms with Crippen LogP contribution in [-0.2, 0) is 4.79 Å². The number of nitrogens with zero attached hydrogens (tertiary/aromatic N) is 2. The minimum Gasteiger partial charge on any atom is -0.457 e. The molecule has 2 aliphatic rings. The second-order valence-corrected chi connectivity index (χ2v) is 8.99. The summed E-state index contributed by atoms with van der Waals surface area (Å²) in [5.41, 5.74) is 3.67. The lowest BCUT2D eigenvalue weighted by atomic mass is 9.99. The molecule has 1 atom stereocenters. The van der Waals surface area contributed by atoms with Crippen molar-refractivity contribution in [2.24, 2.45) is 0 Å². The molecule has 184 valence electrons. The van der Waals surface area contributed by atoms with Crippen LogP contribution >= 0.6 is 0 Å². The van der Waals surface area contributed by atoms with Gasteiger partial charge in [0, 0.05) is 41.7 Å². The normalized spacial score (nSPS) is 18.7. The topological polar surface area (TPSA) is 95.6 Å². The summed E-state index contributed by atoms with van der Waals surface area (Å²) in [6.45, 7) is 5.32. The number of rotatable bonds is 5. The Morgan fingerprint density at radius 2 is 1.92 bits per heavy atom. The quantitative estimate of drug-likeness (QED) is 0.460. The fourth-order valence-corrected chi connectivity index (χ4v) is 4.61. The fraction of sp³-hybridized carbons (Fsp3) is 0.250. The van der Waals surface area contributed by atoms with Gasteiger partial charge in [0.25, 0.3) is 0 Å². The SMILES string of the molecule is C/C(C(=O)N[C@@H]1CCCNC1)=C1/NC(=O)N(c2cccc(Oc3ccccc3)c2)c2ccnc(C)c21. The number of nitrogens with one attached hydrogen (secondary N) is 3. The molecular formula is C28H29N5O3. The van der Waals surface area contributed by atoms with Crippen LogP contribution in [0.1, 0.15) is 31.0 Å². The van der Waals surface area contributed by atoms with Crippen LogP contribution in [0, 0.1) is 6.92 Å². The summed E-state index contributed by atoms with van der Waals surface area (Å²) in [5.74, 6) is 1.12. The smallest absolute Gasteiger partial charge is 0.330 e. The zero-order valence-electron chi connectivity index (χ0n) is 20.4. The monoisotopic (exact) mass is 483 g/mol. The number of urea groups is 1. The lowest BCUT2D eigenvalue weighted by Gasteiger charge is -2.33. The van der Waals surface area contributed by atoms with Gasteiger partial charge in [-0.15, -0.1) is 0 Å². The molecule has 3 amide bonds. The van der Waals surface area contributed by atoms with E-state index in [9.17, 15) is 9.59 Å². The predicted molar refractivity (Wildman–Crippen MR) is 139 cm³/mol. The number of fused-ring (bicyclic) bond motifs is 1. The van der Waals surface area contributed by atoms with Crippen LogP contribution in [0.25, 0.3) is 5.70 Å². The molecule has 0 spiro atoms. The van der Waals surface area contributed by atoms with Crippen molar-refractivity contribution >= 4 is 29.0 Å². The molecule has 8 heteroatoms. The Balaban J connectivity index is 1.49. The number of para-hydroxylation sites is 1. The maximum atomic E-state index is 13.4. The van der Waals surface area contributed by atoms with Gasteiger partial charge in [-0.05, 0) is 63.6 Å². The average Bonchev–Trinajstić information content (AvgIpc) is 2.89. The summed E-state index contributed by atoms with van der Waals surface area (Å²) in [7, 11) is 0. The molecule has 0 radical (unpaired) electrons. The molecular weight excluding hydrogens is 454 g/mol. The number of hydrogen-bond donors (Lipinski definition) is 3. The van der Waals surface area contributed by atoms with Crippen molar-refractivity contribution in [2.75, 3.05) is 18.0 Å². The Bertz CT molecular complexity index is 1320. The van der Waals surface area contributed by atoms with E-state index in [1.165, 1.54) is 0 Å². The third-order valence-corrected chi connectivity index (χ3v) is 6.45. The standard InChI is InChI=1S/C28H29N5O3/c1-18(27(34)31-20-8-7-14-29-17-20)26-25-19(2)30-15-13-24(25)33(28(35)32-26)21-9-6-12-23(16-21)36-22-10-4-3-5-11-22/h3-6,9-13,15-16,20,29H,7-8,14,17H2,1-2H3,(H,31,34)(H,32,35)/b26-18-/t20-/m1/s1. The van der Waals surface area contributed by atoms with E-state index >= 15 is 0 Å². The van der Waals surface area contributed by atoms with E-state index in [0.717, 1.165) is 37.2 Å². The molecule has 0 saturated carbocycles. The highest BCUT2D eigenvalue weighted by molar-refractivity contribution is 6.13. The second-order valence-electron chi connectivity index (χ2n) is 8.99. The largest absolute Gasteiger partial charge is 0.457 e. The summed E-state index contributed by atoms with van der Waals surface area (Å²) in [5, 5.41) is 9.36. The molecule has 1 fully saturated rings. The number of carbonyl (C=O) groups is 2. The first kappa shape index (κ1) is 23.6. The lowest BCUT2D eigenvalue weighted by Crippen LogP contribution is -2.47. The minimum absolute atomic E-state index is 0.0689. The first-order chi connectivity index (χ1) is 17.5. The van der Waals surface area contributed by atoms with Crippen molar-refractivity contribution in [2.45, 2.75) is 32.7 Å². The Labute approximate surface area is 210 Å². The number of aromatic nitrogens is 1. The third-order valence-electron chi connectivity index (χ3n) is 6.45. The highest BCUT2D eigenvalue weighted by Gasteiger charge is 2.32. The van der Waals surface area contributed by atoms with Crippen molar-refractivity contribution in [1.29, 1.82) is 0 Å². The second kappa shape index (κ2) is 10.2. The first-order valence-electron chi connectivity index (χ1n) is 12.1. The number of hydrogen-bond acceptors (Lipinski definition) is 5. The van der Waals surface area contributed by atoms with Crippen LogP contribution in [0.5, 0.6) is 11.5 Å². The summed E-state index contributed by atoms with van der Waals surface area (Å²) in [6, 6.07) is 18.3. The van der Waals surface area contributed by atoms with Crippen LogP contribution < -0.4 is 25.6 Å². The molecule has 3 aromatic rings. The lowest BCUT2D eigenvalue weighted by molar-refractivity contribution is -0.118. The number of ether oxygens (including phenoxy) is 1. The van der Waals surface area contributed by atoms with Crippen molar-refractivity contribution in [1.82, 2.24) is 20.9 Å². The van der Waals surface area contributed by atoms with Crippen molar-refractivity contribution < 1.29 is 14.3 Å². The minimum atomic E-state index is -0.355. The maximum absolute atomic E-state index is 13.4. The zero-order chi connectivity index (χ0) is 25.1. The van der Waals surface area contributed by atoms with Gasteiger partial charge in [-0.1, -0.05) is 24.3 Å². The van der Waals surface area contributed by atoms with Crippen LogP contribution in [-0.4, -0.2) is 36.1 Å². The summed E-state index contributed by atoms with van der Waals surface area (Å²) >= 11 is 0. The molecule has 2 aliphatic heterocycles. The van der Waals surface area contributed by atoms with Crippen LogP contribution in [0.3, 0.4) is 0 Å². The number of pyridine rings is 1. The molecule has 0 aliphatic carbocycles. The van der Waals surface area contributed by atoms with Crippen molar-refractivity contribution in [3.8, 4) is 11.5 Å². The van der Waals surface area contributed by atoms with Crippen LogP contribution in [0.15, 0.2) is 72.4 Å². The fourth-order valence-electron chi connectivity index (χ4n) is 4.61. The molecule has 1 aromatic heterocycles. The van der Waals surface area contributed by atoms with Crippen molar-refractivity contribution in [3.63, 3.8) is 0 Å². The highest BCUT2D eigenvalue weighted by Crippen LogP contribution is 2.39. The number of anilines is 2. The van der Waals surface area contributed by atoms with Gasteiger partial charge in [-0.25, -0.2) is 4.79 Å². The average molecular weight is 484 g/mol. The van der Waals surface area contributed by atoms with Gasteiger partial charge in [-0.2, -0.15) is 0 Å². The molecule has 1 saturated heterocycles. The van der Waals surface area contributed by atoms with E-state index < -0.39 is 0 Å². The Morgan fingerprint density at radius 1 is 1.11 bits per heavy atom. The molecule has 36 heavy (non-hydrogen) atoms. The van der Waals surface area contributed by atoms with E-state index in [2.05, 4.69) is 20.9 Å². The Hall–Kier alpha value is -4.17. The Morgan fingerprint density at radius 3 is 2.69 bits per heavy atom. The summed E-state index contributed by atoms with van der Waals surface area (Å²) < 4.78 is 5.98. The molecule has 8 nitrogen and oxygen atoms in total. The molecule has 2 aromatic carbocycles. The number of benzene rings is 2.